The van der Waals surface area contributed by atoms with Crippen LogP contribution in [0, 0.1) is 0 Å². The summed E-state index contributed by atoms with van der Waals surface area (Å²) < 4.78 is 5.03. The minimum Gasteiger partial charge on any atom is -0.495 e. The van der Waals surface area contributed by atoms with Gasteiger partial charge in [0.2, 0.25) is 0 Å². The Morgan fingerprint density at radius 1 is 1.56 bits per heavy atom. The Morgan fingerprint density at radius 3 is 2.94 bits per heavy atom. The highest BCUT2D eigenvalue weighted by atomic mass is 16.5. The maximum atomic E-state index is 11.9. The van der Waals surface area contributed by atoms with Gasteiger partial charge >= 0.3 is 0 Å². The van der Waals surface area contributed by atoms with Crippen LogP contribution in [-0.4, -0.2) is 30.5 Å². The molecule has 1 unspecified atom stereocenters. The van der Waals surface area contributed by atoms with E-state index in [1.807, 2.05) is 13.8 Å². The summed E-state index contributed by atoms with van der Waals surface area (Å²) in [6, 6.07) is 1.90. The molecule has 1 atom stereocenters. The lowest BCUT2D eigenvalue weighted by Gasteiger charge is -2.11. The molecule has 0 fully saturated rings. The van der Waals surface area contributed by atoms with Crippen molar-refractivity contribution in [2.24, 2.45) is 0 Å². The molecular weight excluding hydrogens is 204 g/mol. The zero-order valence-corrected chi connectivity index (χ0v) is 9.99. The van der Waals surface area contributed by atoms with E-state index < -0.39 is 0 Å². The molecule has 0 spiro atoms. The predicted molar refractivity (Wildman–Crippen MR) is 62.9 cm³/mol. The van der Waals surface area contributed by atoms with E-state index in [4.69, 9.17) is 4.74 Å². The summed E-state index contributed by atoms with van der Waals surface area (Å²) in [5.74, 6) is 0.696. The van der Waals surface area contributed by atoms with Crippen molar-refractivity contribution in [3.63, 3.8) is 0 Å². The quantitative estimate of drug-likeness (QED) is 0.744. The second-order valence-corrected chi connectivity index (χ2v) is 3.70. The van der Waals surface area contributed by atoms with Gasteiger partial charge in [0.25, 0.3) is 0 Å². The minimum absolute atomic E-state index is 0.0832. The average molecular weight is 222 g/mol. The van der Waals surface area contributed by atoms with Crippen LogP contribution in [0.1, 0.15) is 30.6 Å². The van der Waals surface area contributed by atoms with Gasteiger partial charge in [0, 0.05) is 24.2 Å². The molecule has 0 bridgehead atoms. The van der Waals surface area contributed by atoms with Gasteiger partial charge in [-0.25, -0.2) is 0 Å². The minimum atomic E-state index is 0.0832. The maximum absolute atomic E-state index is 11.9. The summed E-state index contributed by atoms with van der Waals surface area (Å²) in [5.41, 5.74) is 0.601. The number of hydrogen-bond acceptors (Lipinski definition) is 4. The van der Waals surface area contributed by atoms with Crippen molar-refractivity contribution in [2.75, 3.05) is 13.7 Å². The highest BCUT2D eigenvalue weighted by Gasteiger charge is 2.11. The van der Waals surface area contributed by atoms with Gasteiger partial charge in [-0.1, -0.05) is 6.92 Å². The number of carbonyl (C=O) groups excluding carboxylic acids is 1. The Labute approximate surface area is 96.0 Å². The summed E-state index contributed by atoms with van der Waals surface area (Å²) >= 11 is 0. The van der Waals surface area contributed by atoms with E-state index in [0.29, 0.717) is 17.7 Å². The fraction of sp³-hybridized carbons (Fsp3) is 0.500. The topological polar surface area (TPSA) is 51.2 Å². The van der Waals surface area contributed by atoms with Crippen LogP contribution in [0.5, 0.6) is 5.75 Å². The van der Waals surface area contributed by atoms with Gasteiger partial charge in [0.15, 0.2) is 5.78 Å². The number of Topliss-reactive ketones (excluding diaryl/α,β-unsaturated/α-hetero) is 1. The van der Waals surface area contributed by atoms with Gasteiger partial charge in [-0.05, 0) is 19.5 Å². The van der Waals surface area contributed by atoms with Crippen LogP contribution in [0.15, 0.2) is 18.5 Å². The largest absolute Gasteiger partial charge is 0.495 e. The second-order valence-electron chi connectivity index (χ2n) is 3.70. The molecule has 0 aliphatic carbocycles. The summed E-state index contributed by atoms with van der Waals surface area (Å²) in [4.78, 5) is 15.8. The van der Waals surface area contributed by atoms with Crippen molar-refractivity contribution in [1.29, 1.82) is 0 Å². The number of rotatable bonds is 6. The molecule has 4 heteroatoms. The number of ether oxygens (including phenoxy) is 1. The Morgan fingerprint density at radius 2 is 2.31 bits per heavy atom. The van der Waals surface area contributed by atoms with Gasteiger partial charge in [-0.15, -0.1) is 0 Å². The molecule has 0 aromatic carbocycles. The molecular formula is C12H18N2O2. The zero-order valence-electron chi connectivity index (χ0n) is 9.99. The number of nitrogens with zero attached hydrogens (tertiary/aromatic N) is 1. The fourth-order valence-corrected chi connectivity index (χ4v) is 1.50. The van der Waals surface area contributed by atoms with Gasteiger partial charge in [0.05, 0.1) is 13.3 Å². The van der Waals surface area contributed by atoms with E-state index in [9.17, 15) is 4.79 Å². The summed E-state index contributed by atoms with van der Waals surface area (Å²) in [7, 11) is 1.56. The molecule has 1 aromatic rings. The molecule has 0 radical (unpaired) electrons. The number of hydrogen-bond donors (Lipinski definition) is 1. The van der Waals surface area contributed by atoms with E-state index in [1.54, 1.807) is 25.6 Å². The van der Waals surface area contributed by atoms with Gasteiger partial charge in [-0.3, -0.25) is 9.78 Å². The number of methoxy groups -OCH3 is 1. The summed E-state index contributed by atoms with van der Waals surface area (Å²) in [6.07, 6.45) is 3.64. The van der Waals surface area contributed by atoms with Crippen LogP contribution in [0.2, 0.25) is 0 Å². The lowest BCUT2D eigenvalue weighted by molar-refractivity contribution is 0.0971. The molecule has 1 heterocycles. The average Bonchev–Trinajstić information content (AvgIpc) is 2.29. The molecule has 1 aromatic heterocycles. The Bertz CT molecular complexity index is 353. The lowest BCUT2D eigenvalue weighted by Crippen LogP contribution is -2.28. The first-order chi connectivity index (χ1) is 7.67. The van der Waals surface area contributed by atoms with Crippen LogP contribution in [-0.2, 0) is 0 Å². The molecule has 0 aliphatic rings. The number of carbonyl (C=O) groups is 1. The number of aromatic nitrogens is 1. The van der Waals surface area contributed by atoms with E-state index in [2.05, 4.69) is 10.3 Å². The van der Waals surface area contributed by atoms with Crippen LogP contribution in [0.4, 0.5) is 0 Å². The van der Waals surface area contributed by atoms with E-state index in [-0.39, 0.29) is 11.8 Å². The molecule has 88 valence electrons. The Kier molecular flexibility index (Phi) is 4.92. The summed E-state index contributed by atoms with van der Waals surface area (Å²) in [6.45, 7) is 4.88. The highest BCUT2D eigenvalue weighted by Crippen LogP contribution is 2.12. The first kappa shape index (κ1) is 12.6. The first-order valence-corrected chi connectivity index (χ1v) is 5.43. The van der Waals surface area contributed by atoms with Crippen molar-refractivity contribution in [3.05, 3.63) is 24.0 Å². The molecule has 16 heavy (non-hydrogen) atoms. The third kappa shape index (κ3) is 3.62. The van der Waals surface area contributed by atoms with Gasteiger partial charge < -0.3 is 10.1 Å². The third-order valence-electron chi connectivity index (χ3n) is 2.32. The molecule has 1 rings (SSSR count). The van der Waals surface area contributed by atoms with Crippen LogP contribution < -0.4 is 10.1 Å². The zero-order chi connectivity index (χ0) is 12.0. The van der Waals surface area contributed by atoms with Gasteiger partial charge in [-0.2, -0.15) is 0 Å². The number of nitrogens with one attached hydrogen (secondary N) is 1. The SMILES string of the molecule is CCNC(C)CC(=O)c1cncc(OC)c1. The van der Waals surface area contributed by atoms with Crippen molar-refractivity contribution in [1.82, 2.24) is 10.3 Å². The molecule has 0 saturated heterocycles. The lowest BCUT2D eigenvalue weighted by atomic mass is 10.1. The molecule has 0 amide bonds. The number of pyridine rings is 1. The summed E-state index contributed by atoms with van der Waals surface area (Å²) in [5, 5.41) is 3.20. The molecule has 1 N–H and O–H groups in total. The van der Waals surface area contributed by atoms with E-state index >= 15 is 0 Å². The van der Waals surface area contributed by atoms with Crippen molar-refractivity contribution in [2.45, 2.75) is 26.3 Å². The first-order valence-electron chi connectivity index (χ1n) is 5.43. The fourth-order valence-electron chi connectivity index (χ4n) is 1.50. The Hall–Kier alpha value is -1.42. The Balaban J connectivity index is 2.65. The molecule has 4 nitrogen and oxygen atoms in total. The normalized spacial score (nSPS) is 12.2. The molecule has 0 aliphatic heterocycles. The highest BCUT2D eigenvalue weighted by molar-refractivity contribution is 5.96. The van der Waals surface area contributed by atoms with Gasteiger partial charge in [0.1, 0.15) is 5.75 Å². The smallest absolute Gasteiger partial charge is 0.166 e. The van der Waals surface area contributed by atoms with Crippen LogP contribution in [0.3, 0.4) is 0 Å². The van der Waals surface area contributed by atoms with Crippen molar-refractivity contribution in [3.8, 4) is 5.75 Å². The maximum Gasteiger partial charge on any atom is 0.166 e. The predicted octanol–water partition coefficient (Wildman–Crippen LogP) is 1.66. The monoisotopic (exact) mass is 222 g/mol. The third-order valence-corrected chi connectivity index (χ3v) is 2.32. The molecule has 0 saturated carbocycles. The number of ketones is 1. The van der Waals surface area contributed by atoms with Crippen molar-refractivity contribution >= 4 is 5.78 Å². The standard InChI is InChI=1S/C12H18N2O2/c1-4-14-9(2)5-12(15)10-6-11(16-3)8-13-7-10/h6-9,14H,4-5H2,1-3H3. The van der Waals surface area contributed by atoms with E-state index in [0.717, 1.165) is 6.54 Å². The van der Waals surface area contributed by atoms with Crippen LogP contribution in [0.25, 0.3) is 0 Å². The van der Waals surface area contributed by atoms with E-state index in [1.165, 1.54) is 0 Å². The second kappa shape index (κ2) is 6.23. The van der Waals surface area contributed by atoms with Crippen LogP contribution >= 0.6 is 0 Å². The van der Waals surface area contributed by atoms with Crippen molar-refractivity contribution < 1.29 is 9.53 Å².